The van der Waals surface area contributed by atoms with Gasteiger partial charge in [0.05, 0.1) is 6.04 Å². The molecule has 2 N–H and O–H groups in total. The van der Waals surface area contributed by atoms with Crippen molar-refractivity contribution in [3.8, 4) is 0 Å². The number of thiophene rings is 1. The smallest absolute Gasteiger partial charge is 0.167 e. The lowest BCUT2D eigenvalue weighted by molar-refractivity contribution is 0.246. The van der Waals surface area contributed by atoms with Crippen molar-refractivity contribution in [2.45, 2.75) is 24.9 Å². The number of hydrogen-bond acceptors (Lipinski definition) is 3. The summed E-state index contributed by atoms with van der Waals surface area (Å²) in [4.78, 5) is 3.50. The first-order valence-electron chi connectivity index (χ1n) is 8.16. The minimum Gasteiger partial charge on any atom is -0.360 e. The van der Waals surface area contributed by atoms with E-state index >= 15 is 0 Å². The van der Waals surface area contributed by atoms with E-state index in [2.05, 4.69) is 28.6 Å². The molecule has 1 saturated heterocycles. The summed E-state index contributed by atoms with van der Waals surface area (Å²) in [5.41, 5.74) is 1.01. The minimum atomic E-state index is -0.226. The van der Waals surface area contributed by atoms with Gasteiger partial charge in [-0.3, -0.25) is 0 Å². The van der Waals surface area contributed by atoms with Gasteiger partial charge in [-0.2, -0.15) is 0 Å². The van der Waals surface area contributed by atoms with Gasteiger partial charge in [-0.15, -0.1) is 11.3 Å². The summed E-state index contributed by atoms with van der Waals surface area (Å²) >= 11 is 7.20. The zero-order chi connectivity index (χ0) is 16.9. The van der Waals surface area contributed by atoms with Crippen molar-refractivity contribution in [1.82, 2.24) is 15.5 Å². The summed E-state index contributed by atoms with van der Waals surface area (Å²) in [6.07, 6.45) is 2.19. The van der Waals surface area contributed by atoms with Gasteiger partial charge in [-0.25, -0.2) is 4.39 Å². The average Bonchev–Trinajstić information content (AvgIpc) is 3.10. The van der Waals surface area contributed by atoms with Gasteiger partial charge >= 0.3 is 0 Å². The van der Waals surface area contributed by atoms with Crippen LogP contribution in [0.25, 0.3) is 0 Å². The standard InChI is InChI=1S/C18H22FN3S2/c1-22-10-8-15(9-11-22)20-18(23)21-17(16-3-2-12-24-16)13-4-6-14(19)7-5-13/h2-7,12,15,17H,8-11H2,1H3,(H2,20,21,23)/t17-/m0/s1. The molecule has 1 aromatic carbocycles. The quantitative estimate of drug-likeness (QED) is 0.813. The van der Waals surface area contributed by atoms with Gasteiger partial charge in [0, 0.05) is 10.9 Å². The average molecular weight is 364 g/mol. The van der Waals surface area contributed by atoms with E-state index in [0.717, 1.165) is 36.4 Å². The lowest BCUT2D eigenvalue weighted by Crippen LogP contribution is -2.47. The van der Waals surface area contributed by atoms with Gasteiger partial charge in [-0.05, 0) is 74.3 Å². The third-order valence-electron chi connectivity index (χ3n) is 4.36. The van der Waals surface area contributed by atoms with Crippen molar-refractivity contribution >= 4 is 28.7 Å². The molecular weight excluding hydrogens is 341 g/mol. The maximum Gasteiger partial charge on any atom is 0.167 e. The molecule has 0 bridgehead atoms. The van der Waals surface area contributed by atoms with E-state index in [1.54, 1.807) is 11.3 Å². The number of piperidine rings is 1. The van der Waals surface area contributed by atoms with Crippen LogP contribution < -0.4 is 10.6 Å². The highest BCUT2D eigenvalue weighted by Gasteiger charge is 2.20. The molecule has 0 unspecified atom stereocenters. The number of nitrogens with zero attached hydrogens (tertiary/aromatic N) is 1. The highest BCUT2D eigenvalue weighted by molar-refractivity contribution is 7.80. The Bertz CT molecular complexity index is 649. The van der Waals surface area contributed by atoms with Gasteiger partial charge in [0.2, 0.25) is 0 Å². The molecule has 0 amide bonds. The molecule has 6 heteroatoms. The second-order valence-electron chi connectivity index (χ2n) is 6.20. The van der Waals surface area contributed by atoms with E-state index < -0.39 is 0 Å². The number of likely N-dealkylation sites (tertiary alicyclic amines) is 1. The Morgan fingerprint density at radius 1 is 1.25 bits per heavy atom. The largest absolute Gasteiger partial charge is 0.360 e. The molecule has 128 valence electrons. The van der Waals surface area contributed by atoms with Crippen LogP contribution in [0.5, 0.6) is 0 Å². The van der Waals surface area contributed by atoms with Crippen LogP contribution in [0.4, 0.5) is 4.39 Å². The fraction of sp³-hybridized carbons (Fsp3) is 0.389. The molecule has 0 aliphatic carbocycles. The molecule has 1 atom stereocenters. The summed E-state index contributed by atoms with van der Waals surface area (Å²) in [5, 5.41) is 9.55. The molecule has 1 aromatic heterocycles. The Balaban J connectivity index is 1.68. The molecule has 1 fully saturated rings. The van der Waals surface area contributed by atoms with Gasteiger partial charge in [0.25, 0.3) is 0 Å². The van der Waals surface area contributed by atoms with Crippen molar-refractivity contribution in [3.05, 3.63) is 58.0 Å². The molecule has 3 rings (SSSR count). The predicted molar refractivity (Wildman–Crippen MR) is 102 cm³/mol. The summed E-state index contributed by atoms with van der Waals surface area (Å²) in [7, 11) is 2.15. The van der Waals surface area contributed by atoms with Crippen molar-refractivity contribution in [3.63, 3.8) is 0 Å². The van der Waals surface area contributed by atoms with E-state index in [4.69, 9.17) is 12.2 Å². The Morgan fingerprint density at radius 2 is 1.96 bits per heavy atom. The molecule has 0 radical (unpaired) electrons. The third-order valence-corrected chi connectivity index (χ3v) is 5.53. The fourth-order valence-electron chi connectivity index (χ4n) is 2.94. The van der Waals surface area contributed by atoms with Crippen LogP contribution in [0.15, 0.2) is 41.8 Å². The van der Waals surface area contributed by atoms with Crippen molar-refractivity contribution in [2.24, 2.45) is 0 Å². The first-order chi connectivity index (χ1) is 11.6. The highest BCUT2D eigenvalue weighted by Crippen LogP contribution is 2.26. The van der Waals surface area contributed by atoms with E-state index in [1.165, 1.54) is 12.1 Å². The van der Waals surface area contributed by atoms with Crippen LogP contribution in [0.1, 0.15) is 29.3 Å². The predicted octanol–water partition coefficient (Wildman–Crippen LogP) is 3.53. The summed E-state index contributed by atoms with van der Waals surface area (Å²) < 4.78 is 13.2. The van der Waals surface area contributed by atoms with Gasteiger partial charge in [0.1, 0.15) is 5.82 Å². The van der Waals surface area contributed by atoms with E-state index in [-0.39, 0.29) is 11.9 Å². The van der Waals surface area contributed by atoms with Gasteiger partial charge in [-0.1, -0.05) is 18.2 Å². The van der Waals surface area contributed by atoms with E-state index in [1.807, 2.05) is 23.6 Å². The molecule has 0 spiro atoms. The van der Waals surface area contributed by atoms with Crippen LogP contribution in [0.2, 0.25) is 0 Å². The van der Waals surface area contributed by atoms with Crippen molar-refractivity contribution < 1.29 is 4.39 Å². The molecule has 3 nitrogen and oxygen atoms in total. The van der Waals surface area contributed by atoms with Crippen molar-refractivity contribution in [2.75, 3.05) is 20.1 Å². The number of benzene rings is 1. The van der Waals surface area contributed by atoms with Crippen LogP contribution in [0, 0.1) is 5.82 Å². The molecule has 24 heavy (non-hydrogen) atoms. The van der Waals surface area contributed by atoms with Crippen LogP contribution >= 0.6 is 23.6 Å². The van der Waals surface area contributed by atoms with E-state index in [0.29, 0.717) is 11.2 Å². The van der Waals surface area contributed by atoms with Crippen LogP contribution in [0.3, 0.4) is 0 Å². The second kappa shape index (κ2) is 8.05. The number of nitrogens with one attached hydrogen (secondary N) is 2. The number of rotatable bonds is 4. The number of halogens is 1. The van der Waals surface area contributed by atoms with Gasteiger partial charge in [0.15, 0.2) is 5.11 Å². The van der Waals surface area contributed by atoms with Gasteiger partial charge < -0.3 is 15.5 Å². The number of hydrogen-bond donors (Lipinski definition) is 2. The first-order valence-corrected chi connectivity index (χ1v) is 9.45. The summed E-state index contributed by atoms with van der Waals surface area (Å²) in [5.74, 6) is -0.226. The van der Waals surface area contributed by atoms with Crippen LogP contribution in [-0.4, -0.2) is 36.2 Å². The maximum absolute atomic E-state index is 13.2. The molecular formula is C18H22FN3S2. The van der Waals surface area contributed by atoms with E-state index in [9.17, 15) is 4.39 Å². The zero-order valence-electron chi connectivity index (χ0n) is 13.7. The SMILES string of the molecule is CN1CCC(NC(=S)N[C@@H](c2ccc(F)cc2)c2cccs2)CC1. The minimum absolute atomic E-state index is 0.0585. The molecule has 1 aliphatic rings. The Kier molecular flexibility index (Phi) is 5.81. The Hall–Kier alpha value is -1.50. The molecule has 2 aromatic rings. The molecule has 2 heterocycles. The monoisotopic (exact) mass is 363 g/mol. The van der Waals surface area contributed by atoms with Crippen molar-refractivity contribution in [1.29, 1.82) is 0 Å². The Labute approximate surface area is 151 Å². The summed E-state index contributed by atoms with van der Waals surface area (Å²) in [6, 6.07) is 11.1. The Morgan fingerprint density at radius 3 is 2.58 bits per heavy atom. The second-order valence-corrected chi connectivity index (χ2v) is 7.58. The maximum atomic E-state index is 13.2. The molecule has 1 aliphatic heterocycles. The number of thiocarbonyl (C=S) groups is 1. The lowest BCUT2D eigenvalue weighted by Gasteiger charge is -2.31. The highest BCUT2D eigenvalue weighted by atomic mass is 32.1. The van der Waals surface area contributed by atoms with Crippen LogP contribution in [-0.2, 0) is 0 Å². The third kappa shape index (κ3) is 4.53. The topological polar surface area (TPSA) is 27.3 Å². The lowest BCUT2D eigenvalue weighted by atomic mass is 10.0. The normalized spacial score (nSPS) is 17.4. The molecule has 0 saturated carbocycles. The summed E-state index contributed by atoms with van der Waals surface area (Å²) in [6.45, 7) is 2.18. The zero-order valence-corrected chi connectivity index (χ0v) is 15.3. The fourth-order valence-corrected chi connectivity index (χ4v) is 4.03. The first kappa shape index (κ1) is 17.3.